The number of esters is 1. The lowest BCUT2D eigenvalue weighted by Gasteiger charge is -2.13. The van der Waals surface area contributed by atoms with Crippen molar-refractivity contribution in [2.24, 2.45) is 5.92 Å². The highest BCUT2D eigenvalue weighted by atomic mass is 32.1. The lowest BCUT2D eigenvalue weighted by Crippen LogP contribution is -2.26. The smallest absolute Gasteiger partial charge is 0.359 e. The third kappa shape index (κ3) is 4.46. The predicted octanol–water partition coefficient (Wildman–Crippen LogP) is 4.01. The molecule has 1 amide bonds. The molecule has 0 aliphatic rings. The van der Waals surface area contributed by atoms with Crippen LogP contribution in [0, 0.1) is 5.92 Å². The molecule has 164 valence electrons. The molecule has 3 rings (SSSR count). The van der Waals surface area contributed by atoms with Gasteiger partial charge in [-0.25, -0.2) is 4.79 Å². The number of hydrogen-bond acceptors (Lipinski definition) is 7. The Morgan fingerprint density at radius 1 is 1.16 bits per heavy atom. The fourth-order valence-corrected chi connectivity index (χ4v) is 4.20. The van der Waals surface area contributed by atoms with Crippen molar-refractivity contribution < 1.29 is 19.1 Å². The minimum atomic E-state index is -0.634. The maximum absolute atomic E-state index is 13.4. The standard InChI is InChI=1S/C22H25N3O5S/c1-5-13(6-2)19(26)23-20-17-16(12-31-20)18(22(28)30-7-3)24-25(21(17)27)14-8-10-15(29-4)11-9-14/h8-13H,5-7H2,1-4H3,(H,23,26). The van der Waals surface area contributed by atoms with Crippen LogP contribution in [0.5, 0.6) is 5.75 Å². The molecule has 9 heteroatoms. The molecule has 0 saturated heterocycles. The van der Waals surface area contributed by atoms with E-state index in [1.54, 1.807) is 43.7 Å². The van der Waals surface area contributed by atoms with Crippen LogP contribution in [0.25, 0.3) is 16.5 Å². The summed E-state index contributed by atoms with van der Waals surface area (Å²) in [5, 5.41) is 9.80. The Bertz CT molecular complexity index is 1150. The van der Waals surface area contributed by atoms with Crippen LogP contribution in [0.15, 0.2) is 34.4 Å². The first-order valence-electron chi connectivity index (χ1n) is 10.1. The van der Waals surface area contributed by atoms with Crippen molar-refractivity contribution in [3.8, 4) is 11.4 Å². The van der Waals surface area contributed by atoms with Gasteiger partial charge in [0.05, 0.1) is 24.8 Å². The lowest BCUT2D eigenvalue weighted by atomic mass is 10.0. The third-order valence-electron chi connectivity index (χ3n) is 5.03. The van der Waals surface area contributed by atoms with E-state index in [-0.39, 0.29) is 29.5 Å². The minimum Gasteiger partial charge on any atom is -0.497 e. The van der Waals surface area contributed by atoms with E-state index in [2.05, 4.69) is 10.4 Å². The highest BCUT2D eigenvalue weighted by Gasteiger charge is 2.24. The molecule has 1 aromatic carbocycles. The van der Waals surface area contributed by atoms with E-state index in [4.69, 9.17) is 9.47 Å². The van der Waals surface area contributed by atoms with Gasteiger partial charge in [0.25, 0.3) is 5.56 Å². The summed E-state index contributed by atoms with van der Waals surface area (Å²) in [6.07, 6.45) is 1.38. The summed E-state index contributed by atoms with van der Waals surface area (Å²) in [4.78, 5) is 38.6. The number of aromatic nitrogens is 2. The normalized spacial score (nSPS) is 11.0. The average molecular weight is 444 g/mol. The van der Waals surface area contributed by atoms with Crippen molar-refractivity contribution in [3.05, 3.63) is 45.7 Å². The van der Waals surface area contributed by atoms with Crippen LogP contribution in [0.3, 0.4) is 0 Å². The predicted molar refractivity (Wildman–Crippen MR) is 120 cm³/mol. The van der Waals surface area contributed by atoms with Gasteiger partial charge < -0.3 is 14.8 Å². The van der Waals surface area contributed by atoms with Gasteiger partial charge in [-0.3, -0.25) is 9.59 Å². The van der Waals surface area contributed by atoms with E-state index >= 15 is 0 Å². The molecule has 0 bridgehead atoms. The van der Waals surface area contributed by atoms with E-state index in [0.717, 1.165) is 4.68 Å². The van der Waals surface area contributed by atoms with Gasteiger partial charge in [0, 0.05) is 16.7 Å². The summed E-state index contributed by atoms with van der Waals surface area (Å²) in [5.74, 6) is -0.325. The van der Waals surface area contributed by atoms with E-state index in [9.17, 15) is 14.4 Å². The number of ether oxygens (including phenoxy) is 2. The Kier molecular flexibility index (Phi) is 7.06. The number of hydrogen-bond donors (Lipinski definition) is 1. The summed E-state index contributed by atoms with van der Waals surface area (Å²) in [6.45, 7) is 5.76. The number of rotatable bonds is 8. The number of thiophene rings is 1. The fourth-order valence-electron chi connectivity index (χ4n) is 3.26. The summed E-state index contributed by atoms with van der Waals surface area (Å²) in [6, 6.07) is 6.73. The van der Waals surface area contributed by atoms with Crippen LogP contribution in [-0.4, -0.2) is 35.4 Å². The highest BCUT2D eigenvalue weighted by molar-refractivity contribution is 7.16. The monoisotopic (exact) mass is 443 g/mol. The van der Waals surface area contributed by atoms with Gasteiger partial charge in [-0.05, 0) is 44.0 Å². The topological polar surface area (TPSA) is 99.5 Å². The van der Waals surface area contributed by atoms with Gasteiger partial charge in [-0.2, -0.15) is 9.78 Å². The van der Waals surface area contributed by atoms with Crippen LogP contribution in [0.2, 0.25) is 0 Å². The quantitative estimate of drug-likeness (QED) is 0.528. The van der Waals surface area contributed by atoms with Crippen LogP contribution in [0.4, 0.5) is 5.00 Å². The number of fused-ring (bicyclic) bond motifs is 1. The zero-order chi connectivity index (χ0) is 22.5. The van der Waals surface area contributed by atoms with Gasteiger partial charge >= 0.3 is 5.97 Å². The largest absolute Gasteiger partial charge is 0.497 e. The van der Waals surface area contributed by atoms with Crippen molar-refractivity contribution >= 4 is 39.0 Å². The van der Waals surface area contributed by atoms with Crippen LogP contribution < -0.4 is 15.6 Å². The van der Waals surface area contributed by atoms with Crippen LogP contribution in [0.1, 0.15) is 44.1 Å². The molecule has 0 aliphatic heterocycles. The second kappa shape index (κ2) is 9.74. The molecule has 0 radical (unpaired) electrons. The number of nitrogens with one attached hydrogen (secondary N) is 1. The molecule has 0 fully saturated rings. The molecule has 1 N–H and O–H groups in total. The Morgan fingerprint density at radius 3 is 2.42 bits per heavy atom. The number of carbonyl (C=O) groups excluding carboxylic acids is 2. The minimum absolute atomic E-state index is 0.0200. The first-order valence-corrected chi connectivity index (χ1v) is 11.0. The lowest BCUT2D eigenvalue weighted by molar-refractivity contribution is -0.120. The Hall–Kier alpha value is -3.20. The molecular weight excluding hydrogens is 418 g/mol. The number of methoxy groups -OCH3 is 1. The highest BCUT2D eigenvalue weighted by Crippen LogP contribution is 2.31. The molecule has 0 saturated carbocycles. The van der Waals surface area contributed by atoms with Crippen molar-refractivity contribution in [2.45, 2.75) is 33.6 Å². The van der Waals surface area contributed by atoms with Crippen molar-refractivity contribution in [1.82, 2.24) is 9.78 Å². The molecule has 2 aromatic heterocycles. The van der Waals surface area contributed by atoms with Gasteiger partial charge in [0.2, 0.25) is 5.91 Å². The van der Waals surface area contributed by atoms with E-state index in [1.165, 1.54) is 11.3 Å². The first-order chi connectivity index (χ1) is 14.9. The van der Waals surface area contributed by atoms with Gasteiger partial charge in [0.1, 0.15) is 10.8 Å². The maximum atomic E-state index is 13.4. The Balaban J connectivity index is 2.20. The first kappa shape index (κ1) is 22.5. The zero-order valence-corrected chi connectivity index (χ0v) is 18.7. The van der Waals surface area contributed by atoms with E-state index < -0.39 is 11.5 Å². The van der Waals surface area contributed by atoms with Crippen molar-refractivity contribution in [1.29, 1.82) is 0 Å². The number of carbonyl (C=O) groups is 2. The van der Waals surface area contributed by atoms with Crippen molar-refractivity contribution in [2.75, 3.05) is 19.0 Å². The summed E-state index contributed by atoms with van der Waals surface area (Å²) in [5.41, 5.74) is 0.0441. The molecule has 0 spiro atoms. The molecule has 0 atom stereocenters. The summed E-state index contributed by atoms with van der Waals surface area (Å²) >= 11 is 1.19. The second-order valence-electron chi connectivity index (χ2n) is 6.84. The molecule has 2 heterocycles. The molecule has 0 aliphatic carbocycles. The Labute approximate surface area is 183 Å². The molecule has 8 nitrogen and oxygen atoms in total. The SMILES string of the molecule is CCOC(=O)c1nn(-c2ccc(OC)cc2)c(=O)c2c(NC(=O)C(CC)CC)scc12. The molecule has 31 heavy (non-hydrogen) atoms. The zero-order valence-electron chi connectivity index (χ0n) is 17.9. The van der Waals surface area contributed by atoms with Gasteiger partial charge in [-0.1, -0.05) is 13.8 Å². The average Bonchev–Trinajstić information content (AvgIpc) is 3.19. The molecule has 3 aromatic rings. The second-order valence-corrected chi connectivity index (χ2v) is 7.72. The summed E-state index contributed by atoms with van der Waals surface area (Å²) in [7, 11) is 1.55. The fraction of sp³-hybridized carbons (Fsp3) is 0.364. The van der Waals surface area contributed by atoms with Gasteiger partial charge in [-0.15, -0.1) is 11.3 Å². The maximum Gasteiger partial charge on any atom is 0.359 e. The third-order valence-corrected chi connectivity index (χ3v) is 5.93. The number of amides is 1. The number of benzene rings is 1. The van der Waals surface area contributed by atoms with Crippen molar-refractivity contribution in [3.63, 3.8) is 0 Å². The molecule has 0 unspecified atom stereocenters. The van der Waals surface area contributed by atoms with Crippen LogP contribution in [-0.2, 0) is 9.53 Å². The van der Waals surface area contributed by atoms with Gasteiger partial charge in [0.15, 0.2) is 5.69 Å². The number of anilines is 1. The molecular formula is C22H25N3O5S. The Morgan fingerprint density at radius 2 is 1.84 bits per heavy atom. The number of nitrogens with zero attached hydrogens (tertiary/aromatic N) is 2. The van der Waals surface area contributed by atoms with Crippen LogP contribution >= 0.6 is 11.3 Å². The van der Waals surface area contributed by atoms with E-state index in [1.807, 2.05) is 13.8 Å². The summed E-state index contributed by atoms with van der Waals surface area (Å²) < 4.78 is 11.5. The van der Waals surface area contributed by atoms with E-state index in [0.29, 0.717) is 34.7 Å².